The molecule has 0 aliphatic carbocycles. The normalized spacial score (nSPS) is 12.6. The zero-order valence-corrected chi connectivity index (χ0v) is 18.2. The SMILES string of the molecule is COC(=O)[C@@H](Cc1ccc2ccccc2n1)NC(=O)CCC(=O)N[C@H](C)c1ccccc1. The van der Waals surface area contributed by atoms with Crippen molar-refractivity contribution in [1.82, 2.24) is 15.6 Å². The summed E-state index contributed by atoms with van der Waals surface area (Å²) >= 11 is 0. The van der Waals surface area contributed by atoms with Crippen molar-refractivity contribution in [1.29, 1.82) is 0 Å². The number of hydrogen-bond acceptors (Lipinski definition) is 5. The Morgan fingerprint density at radius 2 is 1.53 bits per heavy atom. The smallest absolute Gasteiger partial charge is 0.328 e. The first-order chi connectivity index (χ1) is 15.5. The molecule has 7 nitrogen and oxygen atoms in total. The summed E-state index contributed by atoms with van der Waals surface area (Å²) < 4.78 is 4.84. The Bertz CT molecular complexity index is 1080. The van der Waals surface area contributed by atoms with Crippen molar-refractivity contribution in [2.45, 2.75) is 38.3 Å². The maximum Gasteiger partial charge on any atom is 0.328 e. The van der Waals surface area contributed by atoms with Crippen molar-refractivity contribution in [3.63, 3.8) is 0 Å². The van der Waals surface area contributed by atoms with Crippen molar-refractivity contribution < 1.29 is 19.1 Å². The lowest BCUT2D eigenvalue weighted by Gasteiger charge is -2.17. The maximum absolute atomic E-state index is 12.4. The number of esters is 1. The summed E-state index contributed by atoms with van der Waals surface area (Å²) in [5, 5.41) is 6.54. The standard InChI is InChI=1S/C25H27N3O4/c1-17(18-8-4-3-5-9-18)26-23(29)14-15-24(30)28-22(25(31)32-2)16-20-13-12-19-10-6-7-11-21(19)27-20/h3-13,17,22H,14-16H2,1-2H3,(H,26,29)(H,28,30)/t17-,22-/m1/s1. The average Bonchev–Trinajstić information content (AvgIpc) is 2.82. The van der Waals surface area contributed by atoms with E-state index in [0.717, 1.165) is 16.5 Å². The molecule has 0 spiro atoms. The van der Waals surface area contributed by atoms with Gasteiger partial charge in [-0.05, 0) is 24.6 Å². The number of nitrogens with zero attached hydrogens (tertiary/aromatic N) is 1. The Balaban J connectivity index is 1.54. The van der Waals surface area contributed by atoms with Crippen LogP contribution in [0.15, 0.2) is 66.7 Å². The van der Waals surface area contributed by atoms with E-state index in [-0.39, 0.29) is 31.2 Å². The maximum atomic E-state index is 12.4. The van der Waals surface area contributed by atoms with E-state index in [1.807, 2.05) is 73.7 Å². The number of para-hydroxylation sites is 1. The van der Waals surface area contributed by atoms with E-state index in [0.29, 0.717) is 5.69 Å². The molecule has 32 heavy (non-hydrogen) atoms. The third-order valence-electron chi connectivity index (χ3n) is 5.15. The average molecular weight is 434 g/mol. The summed E-state index contributed by atoms with van der Waals surface area (Å²) in [4.78, 5) is 41.4. The highest BCUT2D eigenvalue weighted by molar-refractivity contribution is 5.87. The number of amides is 2. The molecule has 0 aliphatic rings. The molecule has 0 saturated heterocycles. The first-order valence-corrected chi connectivity index (χ1v) is 10.5. The number of ether oxygens (including phenoxy) is 1. The second kappa shape index (κ2) is 11.0. The van der Waals surface area contributed by atoms with Crippen LogP contribution < -0.4 is 10.6 Å². The van der Waals surface area contributed by atoms with E-state index >= 15 is 0 Å². The van der Waals surface area contributed by atoms with Gasteiger partial charge in [0.15, 0.2) is 0 Å². The van der Waals surface area contributed by atoms with Crippen LogP contribution in [-0.2, 0) is 25.5 Å². The minimum atomic E-state index is -0.882. The fourth-order valence-electron chi connectivity index (χ4n) is 3.40. The van der Waals surface area contributed by atoms with Gasteiger partial charge in [-0.25, -0.2) is 4.79 Å². The number of carbonyl (C=O) groups is 3. The summed E-state index contributed by atoms with van der Waals surface area (Å²) in [7, 11) is 1.27. The van der Waals surface area contributed by atoms with Gasteiger partial charge in [0.2, 0.25) is 11.8 Å². The molecule has 0 fully saturated rings. The molecule has 1 heterocycles. The lowest BCUT2D eigenvalue weighted by Crippen LogP contribution is -2.43. The topological polar surface area (TPSA) is 97.4 Å². The Kier molecular flexibility index (Phi) is 7.91. The molecule has 2 aromatic carbocycles. The Hall–Kier alpha value is -3.74. The Morgan fingerprint density at radius 3 is 2.25 bits per heavy atom. The number of methoxy groups -OCH3 is 1. The van der Waals surface area contributed by atoms with Gasteiger partial charge in [-0.3, -0.25) is 14.6 Å². The second-order valence-corrected chi connectivity index (χ2v) is 7.54. The molecule has 1 aromatic heterocycles. The molecule has 0 aliphatic heterocycles. The highest BCUT2D eigenvalue weighted by atomic mass is 16.5. The van der Waals surface area contributed by atoms with E-state index in [4.69, 9.17) is 4.74 Å². The number of pyridine rings is 1. The Morgan fingerprint density at radius 1 is 0.875 bits per heavy atom. The zero-order valence-electron chi connectivity index (χ0n) is 18.2. The van der Waals surface area contributed by atoms with Crippen LogP contribution >= 0.6 is 0 Å². The monoisotopic (exact) mass is 433 g/mol. The molecule has 166 valence electrons. The predicted molar refractivity (Wildman–Crippen MR) is 122 cm³/mol. The van der Waals surface area contributed by atoms with E-state index in [9.17, 15) is 14.4 Å². The molecule has 2 N–H and O–H groups in total. The number of hydrogen-bond donors (Lipinski definition) is 2. The Labute approximate surface area is 187 Å². The lowest BCUT2D eigenvalue weighted by molar-refractivity contribution is -0.145. The van der Waals surface area contributed by atoms with Crippen molar-refractivity contribution in [2.24, 2.45) is 0 Å². The lowest BCUT2D eigenvalue weighted by atomic mass is 10.1. The summed E-state index contributed by atoms with van der Waals surface area (Å²) in [5.41, 5.74) is 2.46. The molecule has 3 aromatic rings. The van der Waals surface area contributed by atoms with E-state index < -0.39 is 17.9 Å². The third kappa shape index (κ3) is 6.38. The summed E-state index contributed by atoms with van der Waals surface area (Å²) in [6.07, 6.45) is 0.178. The van der Waals surface area contributed by atoms with Crippen molar-refractivity contribution in [3.05, 3.63) is 78.0 Å². The zero-order chi connectivity index (χ0) is 22.9. The van der Waals surface area contributed by atoms with E-state index in [1.165, 1.54) is 7.11 Å². The van der Waals surface area contributed by atoms with Crippen LogP contribution in [0.25, 0.3) is 10.9 Å². The number of fused-ring (bicyclic) bond motifs is 1. The summed E-state index contributed by atoms with van der Waals surface area (Å²) in [5.74, 6) is -1.19. The predicted octanol–water partition coefficient (Wildman–Crippen LogP) is 3.09. The first kappa shape index (κ1) is 22.9. The fraction of sp³-hybridized carbons (Fsp3) is 0.280. The van der Waals surface area contributed by atoms with Crippen molar-refractivity contribution >= 4 is 28.7 Å². The minimum Gasteiger partial charge on any atom is -0.467 e. The van der Waals surface area contributed by atoms with Crippen LogP contribution in [0, 0.1) is 0 Å². The highest BCUT2D eigenvalue weighted by Crippen LogP contribution is 2.14. The van der Waals surface area contributed by atoms with Crippen LogP contribution in [0.3, 0.4) is 0 Å². The van der Waals surface area contributed by atoms with E-state index in [2.05, 4.69) is 15.6 Å². The molecule has 0 bridgehead atoms. The van der Waals surface area contributed by atoms with Crippen LogP contribution in [0.1, 0.15) is 37.1 Å². The van der Waals surface area contributed by atoms with Gasteiger partial charge in [0, 0.05) is 30.3 Å². The molecule has 7 heteroatoms. The van der Waals surface area contributed by atoms with Crippen LogP contribution in [-0.4, -0.2) is 35.9 Å². The van der Waals surface area contributed by atoms with Crippen LogP contribution in [0.2, 0.25) is 0 Å². The van der Waals surface area contributed by atoms with Gasteiger partial charge in [0.05, 0.1) is 18.7 Å². The van der Waals surface area contributed by atoms with Gasteiger partial charge >= 0.3 is 5.97 Å². The molecular weight excluding hydrogens is 406 g/mol. The minimum absolute atomic E-state index is 0.0190. The van der Waals surface area contributed by atoms with Gasteiger partial charge in [0.25, 0.3) is 0 Å². The first-order valence-electron chi connectivity index (χ1n) is 10.5. The van der Waals surface area contributed by atoms with Gasteiger partial charge in [0.1, 0.15) is 6.04 Å². The third-order valence-corrected chi connectivity index (χ3v) is 5.15. The molecule has 3 rings (SSSR count). The molecule has 0 saturated carbocycles. The molecule has 0 unspecified atom stereocenters. The number of nitrogens with one attached hydrogen (secondary N) is 2. The van der Waals surface area contributed by atoms with Gasteiger partial charge in [-0.15, -0.1) is 0 Å². The molecule has 0 radical (unpaired) electrons. The number of benzene rings is 2. The van der Waals surface area contributed by atoms with Crippen molar-refractivity contribution in [3.8, 4) is 0 Å². The van der Waals surface area contributed by atoms with Gasteiger partial charge < -0.3 is 15.4 Å². The van der Waals surface area contributed by atoms with Crippen LogP contribution in [0.5, 0.6) is 0 Å². The number of aromatic nitrogens is 1. The van der Waals surface area contributed by atoms with Crippen LogP contribution in [0.4, 0.5) is 0 Å². The molecule has 2 atom stereocenters. The number of rotatable bonds is 9. The molecular formula is C25H27N3O4. The second-order valence-electron chi connectivity index (χ2n) is 7.54. The quantitative estimate of drug-likeness (QED) is 0.506. The molecule has 2 amide bonds. The van der Waals surface area contributed by atoms with E-state index in [1.54, 1.807) is 0 Å². The summed E-state index contributed by atoms with van der Waals surface area (Å²) in [6.45, 7) is 1.89. The largest absolute Gasteiger partial charge is 0.467 e. The highest BCUT2D eigenvalue weighted by Gasteiger charge is 2.23. The van der Waals surface area contributed by atoms with Gasteiger partial charge in [-0.2, -0.15) is 0 Å². The fourth-order valence-corrected chi connectivity index (χ4v) is 3.40. The van der Waals surface area contributed by atoms with Gasteiger partial charge in [-0.1, -0.05) is 54.6 Å². The summed E-state index contributed by atoms with van der Waals surface area (Å²) in [6, 6.07) is 19.9. The van der Waals surface area contributed by atoms with Crippen molar-refractivity contribution in [2.75, 3.05) is 7.11 Å². The number of carbonyl (C=O) groups excluding carboxylic acids is 3.